The van der Waals surface area contributed by atoms with Crippen LogP contribution in [0.4, 0.5) is 0 Å². The second-order valence-electron chi connectivity index (χ2n) is 5.58. The average Bonchev–Trinajstić information content (AvgIpc) is 2.47. The molecule has 0 saturated carbocycles. The van der Waals surface area contributed by atoms with Crippen LogP contribution in [0.2, 0.25) is 5.02 Å². The molecular formula is C13H17BBrClO2. The van der Waals surface area contributed by atoms with E-state index < -0.39 is 7.12 Å². The first kappa shape index (κ1) is 14.4. The molecular weight excluding hydrogens is 314 g/mol. The largest absolute Gasteiger partial charge is 0.496 e. The van der Waals surface area contributed by atoms with Gasteiger partial charge in [-0.1, -0.05) is 39.7 Å². The van der Waals surface area contributed by atoms with E-state index >= 15 is 0 Å². The first-order valence-corrected chi connectivity index (χ1v) is 7.47. The summed E-state index contributed by atoms with van der Waals surface area (Å²) < 4.78 is 12.0. The minimum atomic E-state index is -0.396. The molecule has 1 fully saturated rings. The minimum Gasteiger partial charge on any atom is -0.399 e. The fourth-order valence-electron chi connectivity index (χ4n) is 1.81. The lowest BCUT2D eigenvalue weighted by molar-refractivity contribution is 0.00578. The third kappa shape index (κ3) is 2.48. The molecule has 2 rings (SSSR count). The Balaban J connectivity index is 2.30. The Morgan fingerprint density at radius 1 is 1.17 bits per heavy atom. The van der Waals surface area contributed by atoms with Gasteiger partial charge in [0.1, 0.15) is 0 Å². The van der Waals surface area contributed by atoms with Gasteiger partial charge in [0, 0.05) is 15.8 Å². The Morgan fingerprint density at radius 2 is 1.72 bits per heavy atom. The predicted molar refractivity (Wildman–Crippen MR) is 79.8 cm³/mol. The molecule has 0 N–H and O–H groups in total. The molecule has 0 unspecified atom stereocenters. The van der Waals surface area contributed by atoms with Gasteiger partial charge in [0.25, 0.3) is 0 Å². The highest BCUT2D eigenvalue weighted by Gasteiger charge is 2.52. The zero-order valence-electron chi connectivity index (χ0n) is 11.1. The molecule has 18 heavy (non-hydrogen) atoms. The van der Waals surface area contributed by atoms with Crippen LogP contribution in [0.5, 0.6) is 0 Å². The van der Waals surface area contributed by atoms with E-state index in [1.165, 1.54) is 0 Å². The third-order valence-electron chi connectivity index (χ3n) is 3.73. The Labute approximate surface area is 122 Å². The molecule has 1 aromatic rings. The summed E-state index contributed by atoms with van der Waals surface area (Å²) in [6, 6.07) is 5.94. The van der Waals surface area contributed by atoms with E-state index in [0.717, 1.165) is 16.4 Å². The van der Waals surface area contributed by atoms with Gasteiger partial charge in [-0.2, -0.15) is 0 Å². The molecule has 0 aromatic heterocycles. The van der Waals surface area contributed by atoms with Gasteiger partial charge in [0.15, 0.2) is 0 Å². The Kier molecular flexibility index (Phi) is 3.85. The molecule has 98 valence electrons. The lowest BCUT2D eigenvalue weighted by atomic mass is 9.79. The van der Waals surface area contributed by atoms with Crippen LogP contribution in [0.3, 0.4) is 0 Å². The van der Waals surface area contributed by atoms with Crippen LogP contribution >= 0.6 is 27.5 Å². The maximum atomic E-state index is 6.29. The summed E-state index contributed by atoms with van der Waals surface area (Å²) in [4.78, 5) is 0. The molecule has 5 heteroatoms. The van der Waals surface area contributed by atoms with Crippen LogP contribution in [0.25, 0.3) is 0 Å². The molecule has 0 atom stereocenters. The van der Waals surface area contributed by atoms with Gasteiger partial charge < -0.3 is 9.31 Å². The fraction of sp³-hybridized carbons (Fsp3) is 0.538. The van der Waals surface area contributed by atoms with Gasteiger partial charge in [-0.05, 0) is 39.3 Å². The Morgan fingerprint density at radius 3 is 2.17 bits per heavy atom. The van der Waals surface area contributed by atoms with E-state index in [2.05, 4.69) is 15.9 Å². The molecule has 0 amide bonds. The SMILES string of the molecule is CC1(C)OB(c2ccc(CBr)cc2Cl)OC1(C)C. The van der Waals surface area contributed by atoms with Crippen molar-refractivity contribution in [3.05, 3.63) is 28.8 Å². The van der Waals surface area contributed by atoms with E-state index in [1.807, 2.05) is 45.9 Å². The monoisotopic (exact) mass is 330 g/mol. The smallest absolute Gasteiger partial charge is 0.399 e. The minimum absolute atomic E-state index is 0.338. The van der Waals surface area contributed by atoms with Crippen LogP contribution in [-0.2, 0) is 14.6 Å². The fourth-order valence-corrected chi connectivity index (χ4v) is 2.46. The maximum absolute atomic E-state index is 6.29. The molecule has 1 aliphatic heterocycles. The van der Waals surface area contributed by atoms with Gasteiger partial charge >= 0.3 is 7.12 Å². The molecule has 1 saturated heterocycles. The topological polar surface area (TPSA) is 18.5 Å². The average molecular weight is 331 g/mol. The van der Waals surface area contributed by atoms with Crippen LogP contribution in [0.1, 0.15) is 33.3 Å². The normalized spacial score (nSPS) is 21.3. The second-order valence-corrected chi connectivity index (χ2v) is 6.55. The number of hydrogen-bond acceptors (Lipinski definition) is 2. The molecule has 1 aromatic carbocycles. The molecule has 1 aliphatic rings. The standard InChI is InChI=1S/C13H17BBrClO2/c1-12(2)13(3,4)18-14(17-12)10-6-5-9(8-15)7-11(10)16/h5-7H,8H2,1-4H3. The van der Waals surface area contributed by atoms with Crippen LogP contribution in [-0.4, -0.2) is 18.3 Å². The Bertz CT molecular complexity index is 446. The third-order valence-corrected chi connectivity index (χ3v) is 4.70. The zero-order chi connectivity index (χ0) is 13.6. The first-order chi connectivity index (χ1) is 8.27. The Hall–Kier alpha value is -0.0251. The van der Waals surface area contributed by atoms with Crippen molar-refractivity contribution in [3.8, 4) is 0 Å². The highest BCUT2D eigenvalue weighted by Crippen LogP contribution is 2.37. The van der Waals surface area contributed by atoms with Gasteiger partial charge in [0.05, 0.1) is 11.2 Å². The predicted octanol–water partition coefficient (Wildman–Crippen LogP) is 3.53. The van der Waals surface area contributed by atoms with Gasteiger partial charge in [0.2, 0.25) is 0 Å². The van der Waals surface area contributed by atoms with Crippen molar-refractivity contribution in [3.63, 3.8) is 0 Å². The summed E-state index contributed by atoms with van der Waals surface area (Å²) in [5.41, 5.74) is 1.35. The number of halogens is 2. The van der Waals surface area contributed by atoms with E-state index in [0.29, 0.717) is 5.02 Å². The summed E-state index contributed by atoms with van der Waals surface area (Å²) in [6.45, 7) is 8.14. The van der Waals surface area contributed by atoms with Crippen molar-refractivity contribution in [1.82, 2.24) is 0 Å². The van der Waals surface area contributed by atoms with Gasteiger partial charge in [-0.15, -0.1) is 0 Å². The van der Waals surface area contributed by atoms with Crippen molar-refractivity contribution in [2.75, 3.05) is 0 Å². The van der Waals surface area contributed by atoms with Crippen molar-refractivity contribution in [2.24, 2.45) is 0 Å². The van der Waals surface area contributed by atoms with Gasteiger partial charge in [-0.3, -0.25) is 0 Å². The summed E-state index contributed by atoms with van der Waals surface area (Å²) in [5.74, 6) is 0. The maximum Gasteiger partial charge on any atom is 0.496 e. The van der Waals surface area contributed by atoms with Crippen LogP contribution in [0.15, 0.2) is 18.2 Å². The molecule has 0 spiro atoms. The highest BCUT2D eigenvalue weighted by atomic mass is 79.9. The van der Waals surface area contributed by atoms with E-state index in [-0.39, 0.29) is 11.2 Å². The van der Waals surface area contributed by atoms with Crippen molar-refractivity contribution < 1.29 is 9.31 Å². The van der Waals surface area contributed by atoms with E-state index in [1.54, 1.807) is 0 Å². The number of alkyl halides is 1. The van der Waals surface area contributed by atoms with Crippen molar-refractivity contribution in [2.45, 2.75) is 44.2 Å². The highest BCUT2D eigenvalue weighted by molar-refractivity contribution is 9.08. The summed E-state index contributed by atoms with van der Waals surface area (Å²) in [7, 11) is -0.396. The molecule has 0 aliphatic carbocycles. The summed E-state index contributed by atoms with van der Waals surface area (Å²) in [5, 5.41) is 1.47. The zero-order valence-corrected chi connectivity index (χ0v) is 13.4. The quantitative estimate of drug-likeness (QED) is 0.610. The van der Waals surface area contributed by atoms with Gasteiger partial charge in [-0.25, -0.2) is 0 Å². The number of rotatable bonds is 2. The number of hydrogen-bond donors (Lipinski definition) is 0. The summed E-state index contributed by atoms with van der Waals surface area (Å²) >= 11 is 9.71. The lowest BCUT2D eigenvalue weighted by Gasteiger charge is -2.32. The van der Waals surface area contributed by atoms with E-state index in [4.69, 9.17) is 20.9 Å². The summed E-state index contributed by atoms with van der Waals surface area (Å²) in [6.07, 6.45) is 0. The number of benzene rings is 1. The van der Waals surface area contributed by atoms with Crippen molar-refractivity contribution >= 4 is 40.1 Å². The second kappa shape index (κ2) is 4.82. The molecule has 0 bridgehead atoms. The first-order valence-electron chi connectivity index (χ1n) is 5.97. The van der Waals surface area contributed by atoms with Crippen LogP contribution < -0.4 is 5.46 Å². The lowest BCUT2D eigenvalue weighted by Crippen LogP contribution is -2.41. The van der Waals surface area contributed by atoms with Crippen molar-refractivity contribution in [1.29, 1.82) is 0 Å². The van der Waals surface area contributed by atoms with Crippen LogP contribution in [0, 0.1) is 0 Å². The van der Waals surface area contributed by atoms with E-state index in [9.17, 15) is 0 Å². The molecule has 2 nitrogen and oxygen atoms in total. The molecule has 0 radical (unpaired) electrons. The molecule has 1 heterocycles.